The lowest BCUT2D eigenvalue weighted by Gasteiger charge is -2.28. The summed E-state index contributed by atoms with van der Waals surface area (Å²) in [5, 5.41) is 11.2. The van der Waals surface area contributed by atoms with Crippen LogP contribution in [0.2, 0.25) is 0 Å². The average molecular weight is 292 g/mol. The molecule has 2 rings (SSSR count). The molecule has 21 heavy (non-hydrogen) atoms. The van der Waals surface area contributed by atoms with Gasteiger partial charge >= 0.3 is 0 Å². The first kappa shape index (κ1) is 15.2. The number of nitrogen functional groups attached to an aromatic ring is 1. The molecule has 0 aromatic heterocycles. The van der Waals surface area contributed by atoms with Crippen LogP contribution in [0.3, 0.4) is 0 Å². The standard InChI is InChI=1S/C14H20N4O3/c1-3-11-6-4-9(2)17(11)14(19)12-8-10(16-15)5-7-13(12)18(20)21/h5,7-9,11,16H,3-4,6,15H2,1-2H3. The molecule has 1 amide bonds. The van der Waals surface area contributed by atoms with Crippen molar-refractivity contribution in [2.24, 2.45) is 5.84 Å². The summed E-state index contributed by atoms with van der Waals surface area (Å²) in [5.41, 5.74) is 2.80. The number of nitro benzene ring substituents is 1. The Morgan fingerprint density at radius 2 is 2.24 bits per heavy atom. The largest absolute Gasteiger partial charge is 0.333 e. The number of anilines is 1. The van der Waals surface area contributed by atoms with Crippen molar-refractivity contribution < 1.29 is 9.72 Å². The maximum Gasteiger partial charge on any atom is 0.282 e. The van der Waals surface area contributed by atoms with Crippen LogP contribution in [0.4, 0.5) is 11.4 Å². The van der Waals surface area contributed by atoms with Crippen molar-refractivity contribution in [3.05, 3.63) is 33.9 Å². The molecule has 1 aliphatic rings. The maximum absolute atomic E-state index is 12.8. The molecule has 0 bridgehead atoms. The quantitative estimate of drug-likeness (QED) is 0.503. The van der Waals surface area contributed by atoms with E-state index in [0.29, 0.717) is 5.69 Å². The van der Waals surface area contributed by atoms with Gasteiger partial charge < -0.3 is 10.3 Å². The summed E-state index contributed by atoms with van der Waals surface area (Å²) < 4.78 is 0. The predicted octanol–water partition coefficient (Wildman–Crippen LogP) is 2.28. The summed E-state index contributed by atoms with van der Waals surface area (Å²) in [5.74, 6) is 5.04. The fraction of sp³-hybridized carbons (Fsp3) is 0.500. The third-order valence-electron chi connectivity index (χ3n) is 4.08. The van der Waals surface area contributed by atoms with Gasteiger partial charge in [-0.05, 0) is 38.3 Å². The molecule has 1 aromatic rings. The summed E-state index contributed by atoms with van der Waals surface area (Å²) >= 11 is 0. The first-order chi connectivity index (χ1) is 9.99. The van der Waals surface area contributed by atoms with E-state index in [1.807, 2.05) is 13.8 Å². The minimum atomic E-state index is -0.533. The summed E-state index contributed by atoms with van der Waals surface area (Å²) in [6.07, 6.45) is 2.71. The molecule has 0 radical (unpaired) electrons. The minimum absolute atomic E-state index is 0.0858. The van der Waals surface area contributed by atoms with E-state index in [-0.39, 0.29) is 29.2 Å². The van der Waals surface area contributed by atoms with Crippen LogP contribution in [0, 0.1) is 10.1 Å². The molecule has 1 aromatic carbocycles. The number of rotatable bonds is 4. The highest BCUT2D eigenvalue weighted by molar-refractivity contribution is 5.99. The second kappa shape index (κ2) is 6.09. The Balaban J connectivity index is 2.44. The zero-order chi connectivity index (χ0) is 15.6. The number of hydrazine groups is 1. The zero-order valence-corrected chi connectivity index (χ0v) is 12.2. The van der Waals surface area contributed by atoms with Crippen LogP contribution >= 0.6 is 0 Å². The molecule has 1 fully saturated rings. The molecular formula is C14H20N4O3. The lowest BCUT2D eigenvalue weighted by atomic mass is 10.1. The van der Waals surface area contributed by atoms with E-state index in [4.69, 9.17) is 5.84 Å². The van der Waals surface area contributed by atoms with Gasteiger partial charge in [0.05, 0.1) is 4.92 Å². The fourth-order valence-electron chi connectivity index (χ4n) is 2.93. The Bertz CT molecular complexity index is 561. The van der Waals surface area contributed by atoms with Crippen molar-refractivity contribution in [1.29, 1.82) is 0 Å². The summed E-state index contributed by atoms with van der Waals surface area (Å²) in [6, 6.07) is 4.47. The SMILES string of the molecule is CCC1CCC(C)N1C(=O)c1cc(NN)ccc1[N+](=O)[O-]. The molecule has 2 atom stereocenters. The van der Waals surface area contributed by atoms with E-state index in [1.54, 1.807) is 4.90 Å². The highest BCUT2D eigenvalue weighted by Gasteiger charge is 2.36. The summed E-state index contributed by atoms with van der Waals surface area (Å²) in [6.45, 7) is 4.00. The molecule has 3 N–H and O–H groups in total. The van der Waals surface area contributed by atoms with Crippen LogP contribution in [0.5, 0.6) is 0 Å². The molecule has 0 aliphatic carbocycles. The number of nitrogens with one attached hydrogen (secondary N) is 1. The molecule has 1 heterocycles. The Hall–Kier alpha value is -2.15. The first-order valence-corrected chi connectivity index (χ1v) is 7.07. The van der Waals surface area contributed by atoms with Crippen molar-refractivity contribution in [2.75, 3.05) is 5.43 Å². The summed E-state index contributed by atoms with van der Waals surface area (Å²) in [4.78, 5) is 25.2. The number of nitrogens with zero attached hydrogens (tertiary/aromatic N) is 2. The predicted molar refractivity (Wildman–Crippen MR) is 79.9 cm³/mol. The molecule has 0 saturated carbocycles. The van der Waals surface area contributed by atoms with Gasteiger partial charge in [-0.2, -0.15) is 0 Å². The van der Waals surface area contributed by atoms with E-state index < -0.39 is 4.92 Å². The highest BCUT2D eigenvalue weighted by Crippen LogP contribution is 2.31. The summed E-state index contributed by atoms with van der Waals surface area (Å²) in [7, 11) is 0. The number of hydrogen-bond donors (Lipinski definition) is 2. The van der Waals surface area contributed by atoms with E-state index in [1.165, 1.54) is 18.2 Å². The van der Waals surface area contributed by atoms with E-state index in [2.05, 4.69) is 5.43 Å². The molecule has 114 valence electrons. The Labute approximate surface area is 123 Å². The van der Waals surface area contributed by atoms with Gasteiger partial charge in [-0.3, -0.25) is 20.8 Å². The Morgan fingerprint density at radius 1 is 1.52 bits per heavy atom. The molecule has 2 unspecified atom stereocenters. The van der Waals surface area contributed by atoms with Crippen molar-refractivity contribution in [3.8, 4) is 0 Å². The van der Waals surface area contributed by atoms with Crippen LogP contribution < -0.4 is 11.3 Å². The van der Waals surface area contributed by atoms with Gasteiger partial charge in [-0.1, -0.05) is 6.92 Å². The van der Waals surface area contributed by atoms with Gasteiger partial charge in [0.15, 0.2) is 0 Å². The fourth-order valence-corrected chi connectivity index (χ4v) is 2.93. The maximum atomic E-state index is 12.8. The van der Waals surface area contributed by atoms with Crippen molar-refractivity contribution in [2.45, 2.75) is 45.2 Å². The van der Waals surface area contributed by atoms with Gasteiger partial charge in [0.1, 0.15) is 5.56 Å². The number of likely N-dealkylation sites (tertiary alicyclic amines) is 1. The number of amides is 1. The Kier molecular flexibility index (Phi) is 4.42. The monoisotopic (exact) mass is 292 g/mol. The van der Waals surface area contributed by atoms with Gasteiger partial charge in [0.25, 0.3) is 11.6 Å². The highest BCUT2D eigenvalue weighted by atomic mass is 16.6. The van der Waals surface area contributed by atoms with Crippen LogP contribution in [-0.4, -0.2) is 27.8 Å². The molecule has 7 nitrogen and oxygen atoms in total. The van der Waals surface area contributed by atoms with Gasteiger partial charge in [-0.15, -0.1) is 0 Å². The molecule has 0 spiro atoms. The number of nitrogens with two attached hydrogens (primary N) is 1. The number of nitro groups is 1. The average Bonchev–Trinajstić information content (AvgIpc) is 2.86. The first-order valence-electron chi connectivity index (χ1n) is 7.07. The number of carbonyl (C=O) groups is 1. The zero-order valence-electron chi connectivity index (χ0n) is 12.2. The van der Waals surface area contributed by atoms with Crippen molar-refractivity contribution in [1.82, 2.24) is 4.90 Å². The van der Waals surface area contributed by atoms with Crippen molar-refractivity contribution in [3.63, 3.8) is 0 Å². The number of benzene rings is 1. The topological polar surface area (TPSA) is 102 Å². The lowest BCUT2D eigenvalue weighted by Crippen LogP contribution is -2.40. The second-order valence-corrected chi connectivity index (χ2v) is 5.33. The lowest BCUT2D eigenvalue weighted by molar-refractivity contribution is -0.385. The van der Waals surface area contributed by atoms with Crippen LogP contribution in [0.25, 0.3) is 0 Å². The van der Waals surface area contributed by atoms with E-state index in [0.717, 1.165) is 19.3 Å². The normalized spacial score (nSPS) is 21.4. The molecule has 1 saturated heterocycles. The van der Waals surface area contributed by atoms with Crippen LogP contribution in [0.1, 0.15) is 43.5 Å². The van der Waals surface area contributed by atoms with Gasteiger partial charge in [0.2, 0.25) is 0 Å². The smallest absolute Gasteiger partial charge is 0.282 e. The molecule has 7 heteroatoms. The van der Waals surface area contributed by atoms with Crippen molar-refractivity contribution >= 4 is 17.3 Å². The van der Waals surface area contributed by atoms with Gasteiger partial charge in [0, 0.05) is 23.8 Å². The number of hydrogen-bond acceptors (Lipinski definition) is 5. The minimum Gasteiger partial charge on any atom is -0.333 e. The van der Waals surface area contributed by atoms with Gasteiger partial charge in [-0.25, -0.2) is 0 Å². The Morgan fingerprint density at radius 3 is 2.81 bits per heavy atom. The second-order valence-electron chi connectivity index (χ2n) is 5.33. The molecular weight excluding hydrogens is 272 g/mol. The third kappa shape index (κ3) is 2.82. The van der Waals surface area contributed by atoms with E-state index >= 15 is 0 Å². The molecule has 1 aliphatic heterocycles. The number of carbonyl (C=O) groups excluding carboxylic acids is 1. The van der Waals surface area contributed by atoms with Crippen LogP contribution in [-0.2, 0) is 0 Å². The third-order valence-corrected chi connectivity index (χ3v) is 4.08. The van der Waals surface area contributed by atoms with Crippen LogP contribution in [0.15, 0.2) is 18.2 Å². The van der Waals surface area contributed by atoms with E-state index in [9.17, 15) is 14.9 Å².